The number of hydrogen-bond donors (Lipinski definition) is 0. The molecule has 0 atom stereocenters. The molecule has 3 amide bonds. The summed E-state index contributed by atoms with van der Waals surface area (Å²) in [5.74, 6) is -0.00358. The molecule has 2 aliphatic rings. The summed E-state index contributed by atoms with van der Waals surface area (Å²) in [5, 5.41) is 0. The first-order chi connectivity index (χ1) is 18.1. The van der Waals surface area contributed by atoms with Crippen molar-refractivity contribution in [3.63, 3.8) is 0 Å². The van der Waals surface area contributed by atoms with E-state index in [2.05, 4.69) is 27.7 Å². The average molecular weight is 494 g/mol. The normalized spacial score (nSPS) is 16.0. The van der Waals surface area contributed by atoms with Gasteiger partial charge in [0.2, 0.25) is 5.91 Å². The Balaban J connectivity index is 1.11. The van der Waals surface area contributed by atoms with Crippen molar-refractivity contribution in [3.05, 3.63) is 101 Å². The fraction of sp³-hybridized carbons (Fsp3) is 0.241. The van der Waals surface area contributed by atoms with Crippen LogP contribution < -0.4 is 0 Å². The highest BCUT2D eigenvalue weighted by molar-refractivity contribution is 6.22. The monoisotopic (exact) mass is 493 g/mol. The van der Waals surface area contributed by atoms with Crippen LogP contribution in [0.5, 0.6) is 0 Å². The lowest BCUT2D eigenvalue weighted by molar-refractivity contribution is -0.133. The van der Waals surface area contributed by atoms with Crippen molar-refractivity contribution in [2.24, 2.45) is 0 Å². The number of hydrogen-bond acceptors (Lipinski definition) is 5. The van der Waals surface area contributed by atoms with Gasteiger partial charge >= 0.3 is 0 Å². The number of amides is 3. The molecule has 0 spiro atoms. The van der Waals surface area contributed by atoms with Crippen LogP contribution in [0.3, 0.4) is 0 Å². The van der Waals surface area contributed by atoms with Crippen molar-refractivity contribution < 1.29 is 14.4 Å². The minimum Gasteiger partial charge on any atom is -0.339 e. The van der Waals surface area contributed by atoms with E-state index in [-0.39, 0.29) is 12.5 Å². The Kier molecular flexibility index (Phi) is 6.02. The molecule has 1 fully saturated rings. The molecule has 37 heavy (non-hydrogen) atoms. The van der Waals surface area contributed by atoms with Crippen LogP contribution in [0.1, 0.15) is 32.1 Å². The minimum absolute atomic E-state index is 0.203. The molecule has 8 nitrogen and oxygen atoms in total. The number of aromatic nitrogens is 2. The largest absolute Gasteiger partial charge is 0.339 e. The lowest BCUT2D eigenvalue weighted by Gasteiger charge is -2.35. The van der Waals surface area contributed by atoms with Crippen LogP contribution in [-0.4, -0.2) is 74.7 Å². The number of carbonyl (C=O) groups excluding carboxylic acids is 3. The van der Waals surface area contributed by atoms with Crippen LogP contribution in [0, 0.1) is 0 Å². The van der Waals surface area contributed by atoms with Gasteiger partial charge in [-0.05, 0) is 29.8 Å². The predicted molar refractivity (Wildman–Crippen MR) is 139 cm³/mol. The zero-order chi connectivity index (χ0) is 25.4. The quantitative estimate of drug-likeness (QED) is 0.386. The summed E-state index contributed by atoms with van der Waals surface area (Å²) in [4.78, 5) is 48.3. The summed E-state index contributed by atoms with van der Waals surface area (Å²) in [5.41, 5.74) is 4.03. The van der Waals surface area contributed by atoms with E-state index in [0.29, 0.717) is 43.9 Å². The number of nitrogens with zero attached hydrogens (tertiary/aromatic N) is 5. The number of fused-ring (bicyclic) bond motifs is 2. The van der Waals surface area contributed by atoms with E-state index >= 15 is 0 Å². The minimum atomic E-state index is -0.398. The number of piperazine rings is 1. The van der Waals surface area contributed by atoms with E-state index in [0.717, 1.165) is 28.3 Å². The first kappa shape index (κ1) is 23.1. The number of para-hydroxylation sites is 2. The first-order valence-electron chi connectivity index (χ1n) is 12.5. The predicted octanol–water partition coefficient (Wildman–Crippen LogP) is 3.03. The molecule has 3 heterocycles. The van der Waals surface area contributed by atoms with E-state index in [1.54, 1.807) is 29.2 Å². The van der Waals surface area contributed by atoms with Gasteiger partial charge in [0.15, 0.2) is 0 Å². The molecular formula is C29H27N5O3. The molecular weight excluding hydrogens is 466 g/mol. The van der Waals surface area contributed by atoms with Crippen LogP contribution >= 0.6 is 0 Å². The van der Waals surface area contributed by atoms with E-state index in [4.69, 9.17) is 4.98 Å². The van der Waals surface area contributed by atoms with Crippen LogP contribution in [0.2, 0.25) is 0 Å². The Morgan fingerprint density at radius 3 is 2.05 bits per heavy atom. The smallest absolute Gasteiger partial charge is 0.262 e. The number of benzene rings is 3. The molecule has 0 aliphatic carbocycles. The Morgan fingerprint density at radius 1 is 0.730 bits per heavy atom. The molecule has 6 rings (SSSR count). The maximum Gasteiger partial charge on any atom is 0.262 e. The van der Waals surface area contributed by atoms with Gasteiger partial charge in [-0.1, -0.05) is 54.6 Å². The molecule has 8 heteroatoms. The van der Waals surface area contributed by atoms with Gasteiger partial charge in [-0.25, -0.2) is 4.98 Å². The molecule has 3 aromatic carbocycles. The van der Waals surface area contributed by atoms with E-state index in [1.807, 2.05) is 36.4 Å². The van der Waals surface area contributed by atoms with E-state index in [1.165, 1.54) is 5.56 Å². The van der Waals surface area contributed by atoms with E-state index in [9.17, 15) is 14.4 Å². The fourth-order valence-corrected chi connectivity index (χ4v) is 5.16. The number of imidazole rings is 1. The highest BCUT2D eigenvalue weighted by atomic mass is 16.2. The topological polar surface area (TPSA) is 78.8 Å². The third kappa shape index (κ3) is 4.40. The third-order valence-electron chi connectivity index (χ3n) is 7.18. The van der Waals surface area contributed by atoms with Gasteiger partial charge in [0.05, 0.1) is 28.7 Å². The Morgan fingerprint density at radius 2 is 1.35 bits per heavy atom. The second kappa shape index (κ2) is 9.63. The van der Waals surface area contributed by atoms with Gasteiger partial charge < -0.3 is 9.47 Å². The van der Waals surface area contributed by atoms with Gasteiger partial charge in [0, 0.05) is 32.7 Å². The maximum atomic E-state index is 13.0. The Bertz CT molecular complexity index is 1450. The molecule has 0 unspecified atom stereocenters. The van der Waals surface area contributed by atoms with Crippen LogP contribution in [0.15, 0.2) is 78.9 Å². The van der Waals surface area contributed by atoms with Gasteiger partial charge in [-0.3, -0.25) is 24.2 Å². The average Bonchev–Trinajstić information content (AvgIpc) is 3.39. The van der Waals surface area contributed by atoms with E-state index < -0.39 is 11.8 Å². The van der Waals surface area contributed by atoms with Gasteiger partial charge in [-0.15, -0.1) is 0 Å². The lowest BCUT2D eigenvalue weighted by Crippen LogP contribution is -2.51. The second-order valence-electron chi connectivity index (χ2n) is 9.49. The Hall–Kier alpha value is -4.30. The van der Waals surface area contributed by atoms with Crippen molar-refractivity contribution in [3.8, 4) is 0 Å². The van der Waals surface area contributed by atoms with Crippen molar-refractivity contribution >= 4 is 28.8 Å². The maximum absolute atomic E-state index is 13.0. The second-order valence-corrected chi connectivity index (χ2v) is 9.49. The van der Waals surface area contributed by atoms with Crippen LogP contribution in [0.25, 0.3) is 11.0 Å². The zero-order valence-corrected chi connectivity index (χ0v) is 20.4. The highest BCUT2D eigenvalue weighted by Gasteiger charge is 2.37. The molecule has 0 radical (unpaired) electrons. The molecule has 186 valence electrons. The lowest BCUT2D eigenvalue weighted by atomic mass is 10.1. The van der Waals surface area contributed by atoms with Gasteiger partial charge in [0.25, 0.3) is 11.8 Å². The highest BCUT2D eigenvalue weighted by Crippen LogP contribution is 2.23. The molecule has 0 bridgehead atoms. The third-order valence-corrected chi connectivity index (χ3v) is 7.18. The fourth-order valence-electron chi connectivity index (χ4n) is 5.16. The first-order valence-corrected chi connectivity index (χ1v) is 12.5. The molecule has 0 N–H and O–H groups in total. The SMILES string of the molecule is O=C(CN1C(=O)c2ccccc2C1=O)N1CCN(Cc2nc3ccccc3n2Cc2ccccc2)CC1. The summed E-state index contributed by atoms with van der Waals surface area (Å²) < 4.78 is 2.27. The zero-order valence-electron chi connectivity index (χ0n) is 20.4. The molecule has 2 aliphatic heterocycles. The standard InChI is InChI=1S/C29H27N5O3/c35-27(20-34-28(36)22-10-4-5-11-23(22)29(34)37)32-16-14-31(15-17-32)19-26-30-24-12-6-7-13-25(24)33(26)18-21-8-2-1-3-9-21/h1-13H,14-20H2. The number of carbonyl (C=O) groups is 3. The summed E-state index contributed by atoms with van der Waals surface area (Å²) in [6.45, 7) is 3.68. The molecule has 1 aromatic heterocycles. The van der Waals surface area contributed by atoms with Crippen molar-refractivity contribution in [1.82, 2.24) is 24.3 Å². The summed E-state index contributed by atoms with van der Waals surface area (Å²) in [6.07, 6.45) is 0. The van der Waals surface area contributed by atoms with Gasteiger partial charge in [-0.2, -0.15) is 0 Å². The van der Waals surface area contributed by atoms with Gasteiger partial charge in [0.1, 0.15) is 12.4 Å². The molecule has 4 aromatic rings. The summed E-state index contributed by atoms with van der Waals surface area (Å²) >= 11 is 0. The van der Waals surface area contributed by atoms with Crippen molar-refractivity contribution in [2.75, 3.05) is 32.7 Å². The number of rotatable bonds is 6. The van der Waals surface area contributed by atoms with Crippen molar-refractivity contribution in [1.29, 1.82) is 0 Å². The van der Waals surface area contributed by atoms with Crippen molar-refractivity contribution in [2.45, 2.75) is 13.1 Å². The molecule has 0 saturated carbocycles. The number of imide groups is 1. The van der Waals surface area contributed by atoms with Crippen LogP contribution in [0.4, 0.5) is 0 Å². The van der Waals surface area contributed by atoms with Crippen LogP contribution in [-0.2, 0) is 17.9 Å². The molecule has 1 saturated heterocycles. The summed E-state index contributed by atoms with van der Waals surface area (Å²) in [6, 6.07) is 25.2. The summed E-state index contributed by atoms with van der Waals surface area (Å²) in [7, 11) is 0. The Labute approximate surface area is 214 Å².